The van der Waals surface area contributed by atoms with Crippen molar-refractivity contribution in [1.82, 2.24) is 0 Å². The maximum absolute atomic E-state index is 13.5. The van der Waals surface area contributed by atoms with Crippen LogP contribution < -0.4 is 23.8 Å². The molecule has 0 saturated heterocycles. The van der Waals surface area contributed by atoms with Gasteiger partial charge in [0.2, 0.25) is 0 Å². The second kappa shape index (κ2) is 10.3. The summed E-state index contributed by atoms with van der Waals surface area (Å²) in [4.78, 5) is 13.3. The molecule has 3 aromatic rings. The first kappa shape index (κ1) is 24.4. The molecule has 0 aromatic heterocycles. The van der Waals surface area contributed by atoms with Crippen LogP contribution in [-0.2, 0) is 16.4 Å². The summed E-state index contributed by atoms with van der Waals surface area (Å²) in [6, 6.07) is 16.8. The third-order valence-electron chi connectivity index (χ3n) is 5.66. The Kier molecular flexibility index (Phi) is 7.16. The molecule has 184 valence electrons. The number of fused-ring (bicyclic) bond motifs is 1. The maximum atomic E-state index is 13.5. The van der Waals surface area contributed by atoms with Gasteiger partial charge in [-0.05, 0) is 62.2 Å². The molecule has 0 saturated carbocycles. The van der Waals surface area contributed by atoms with Crippen LogP contribution in [0.15, 0.2) is 65.6 Å². The molecule has 1 N–H and O–H groups in total. The summed E-state index contributed by atoms with van der Waals surface area (Å²) in [6.45, 7) is 4.93. The molecule has 1 amide bonds. The second-order valence-corrected chi connectivity index (χ2v) is 9.66. The van der Waals surface area contributed by atoms with Gasteiger partial charge >= 0.3 is 0 Å². The van der Waals surface area contributed by atoms with Crippen LogP contribution in [0.25, 0.3) is 0 Å². The minimum absolute atomic E-state index is 0.00764. The lowest BCUT2D eigenvalue weighted by atomic mass is 10.1. The van der Waals surface area contributed by atoms with E-state index in [0.717, 1.165) is 5.56 Å². The molecule has 3 aromatic carbocycles. The standard InChI is InChI=1S/C26H28N2O6S/c1-4-33-19-10-12-25(34-5-2)22(16-19)27-26(29)21-17-20(11-13-24(21)32-3)35(30,31)28-15-14-18-8-6-7-9-23(18)28/h6-13,16-17H,4-5,14-15H2,1-3H3,(H,27,29). The molecule has 1 aliphatic heterocycles. The van der Waals surface area contributed by atoms with Gasteiger partial charge in [0.25, 0.3) is 15.9 Å². The minimum Gasteiger partial charge on any atom is -0.496 e. The van der Waals surface area contributed by atoms with Crippen LogP contribution in [0.4, 0.5) is 11.4 Å². The lowest BCUT2D eigenvalue weighted by Gasteiger charge is -2.20. The first-order valence-electron chi connectivity index (χ1n) is 11.4. The molecule has 0 radical (unpaired) electrons. The molecular formula is C26H28N2O6S. The zero-order valence-corrected chi connectivity index (χ0v) is 20.7. The summed E-state index contributed by atoms with van der Waals surface area (Å²) in [5, 5.41) is 2.82. The van der Waals surface area contributed by atoms with Gasteiger partial charge in [0.15, 0.2) is 0 Å². The largest absolute Gasteiger partial charge is 0.496 e. The highest BCUT2D eigenvalue weighted by molar-refractivity contribution is 7.92. The second-order valence-electron chi connectivity index (χ2n) is 7.80. The Hall–Kier alpha value is -3.72. The maximum Gasteiger partial charge on any atom is 0.264 e. The van der Waals surface area contributed by atoms with E-state index in [0.29, 0.717) is 49.1 Å². The van der Waals surface area contributed by atoms with Gasteiger partial charge in [-0.2, -0.15) is 0 Å². The number of nitrogens with zero attached hydrogens (tertiary/aromatic N) is 1. The normalized spacial score (nSPS) is 12.7. The van der Waals surface area contributed by atoms with Crippen LogP contribution in [0.3, 0.4) is 0 Å². The molecule has 0 aliphatic carbocycles. The Morgan fingerprint density at radius 1 is 0.971 bits per heavy atom. The zero-order valence-electron chi connectivity index (χ0n) is 19.9. The van der Waals surface area contributed by atoms with Gasteiger partial charge in [0, 0.05) is 12.6 Å². The highest BCUT2D eigenvalue weighted by atomic mass is 32.2. The van der Waals surface area contributed by atoms with E-state index in [9.17, 15) is 13.2 Å². The number of para-hydroxylation sites is 1. The lowest BCUT2D eigenvalue weighted by Crippen LogP contribution is -2.29. The first-order chi connectivity index (χ1) is 16.9. The number of amides is 1. The van der Waals surface area contributed by atoms with Crippen molar-refractivity contribution in [3.05, 3.63) is 71.8 Å². The summed E-state index contributed by atoms with van der Waals surface area (Å²) >= 11 is 0. The Morgan fingerprint density at radius 3 is 2.46 bits per heavy atom. The molecule has 4 rings (SSSR count). The minimum atomic E-state index is -3.88. The topological polar surface area (TPSA) is 94.2 Å². The molecule has 0 bridgehead atoms. The molecule has 0 spiro atoms. The van der Waals surface area contributed by atoms with Crippen LogP contribution in [0.1, 0.15) is 29.8 Å². The Morgan fingerprint density at radius 2 is 1.71 bits per heavy atom. The first-order valence-corrected chi connectivity index (χ1v) is 12.8. The number of ether oxygens (including phenoxy) is 3. The van der Waals surface area contributed by atoms with Crippen LogP contribution in [0, 0.1) is 0 Å². The Balaban J connectivity index is 1.69. The van der Waals surface area contributed by atoms with Crippen molar-refractivity contribution in [1.29, 1.82) is 0 Å². The van der Waals surface area contributed by atoms with Crippen molar-refractivity contribution < 1.29 is 27.4 Å². The molecule has 0 atom stereocenters. The summed E-state index contributed by atoms with van der Waals surface area (Å²) < 4.78 is 44.9. The smallest absolute Gasteiger partial charge is 0.264 e. The van der Waals surface area contributed by atoms with E-state index < -0.39 is 15.9 Å². The number of hydrogen-bond acceptors (Lipinski definition) is 6. The number of methoxy groups -OCH3 is 1. The van der Waals surface area contributed by atoms with E-state index in [-0.39, 0.29) is 16.2 Å². The molecule has 9 heteroatoms. The molecule has 1 heterocycles. The van der Waals surface area contributed by atoms with Crippen molar-refractivity contribution in [2.75, 3.05) is 36.5 Å². The summed E-state index contributed by atoms with van der Waals surface area (Å²) in [7, 11) is -2.45. The van der Waals surface area contributed by atoms with Crippen LogP contribution in [-0.4, -0.2) is 41.2 Å². The predicted molar refractivity (Wildman–Crippen MR) is 134 cm³/mol. The van der Waals surface area contributed by atoms with E-state index in [1.165, 1.54) is 29.6 Å². The molecular weight excluding hydrogens is 468 g/mol. The van der Waals surface area contributed by atoms with E-state index >= 15 is 0 Å². The number of carbonyl (C=O) groups is 1. The van der Waals surface area contributed by atoms with Crippen molar-refractivity contribution in [3.63, 3.8) is 0 Å². The summed E-state index contributed by atoms with van der Waals surface area (Å²) in [5.41, 5.74) is 2.13. The number of sulfonamides is 1. The van der Waals surface area contributed by atoms with Gasteiger partial charge in [0.1, 0.15) is 17.2 Å². The molecule has 8 nitrogen and oxygen atoms in total. The van der Waals surface area contributed by atoms with Gasteiger partial charge < -0.3 is 19.5 Å². The highest BCUT2D eigenvalue weighted by Gasteiger charge is 2.31. The zero-order chi connectivity index (χ0) is 25.0. The van der Waals surface area contributed by atoms with E-state index in [2.05, 4.69) is 5.32 Å². The molecule has 35 heavy (non-hydrogen) atoms. The third-order valence-corrected chi connectivity index (χ3v) is 7.47. The summed E-state index contributed by atoms with van der Waals surface area (Å²) in [5.74, 6) is 0.764. The number of hydrogen-bond donors (Lipinski definition) is 1. The van der Waals surface area contributed by atoms with Gasteiger partial charge in [0.05, 0.1) is 42.2 Å². The van der Waals surface area contributed by atoms with Gasteiger partial charge in [-0.25, -0.2) is 8.42 Å². The van der Waals surface area contributed by atoms with Crippen molar-refractivity contribution >= 4 is 27.3 Å². The van der Waals surface area contributed by atoms with Crippen LogP contribution >= 0.6 is 0 Å². The predicted octanol–water partition coefficient (Wildman–Crippen LogP) is 4.50. The van der Waals surface area contributed by atoms with Gasteiger partial charge in [-0.15, -0.1) is 0 Å². The number of carbonyl (C=O) groups excluding carboxylic acids is 1. The fourth-order valence-electron chi connectivity index (χ4n) is 4.04. The number of anilines is 2. The SMILES string of the molecule is CCOc1ccc(OCC)c(NC(=O)c2cc(S(=O)(=O)N3CCc4ccccc43)ccc2OC)c1. The van der Waals surface area contributed by atoms with Crippen molar-refractivity contribution in [2.45, 2.75) is 25.2 Å². The Bertz CT molecular complexity index is 1340. The van der Waals surface area contributed by atoms with Crippen LogP contribution in [0.5, 0.6) is 17.2 Å². The number of nitrogens with one attached hydrogen (secondary N) is 1. The number of rotatable bonds is 9. The monoisotopic (exact) mass is 496 g/mol. The van der Waals surface area contributed by atoms with E-state index in [4.69, 9.17) is 14.2 Å². The van der Waals surface area contributed by atoms with E-state index in [1.54, 1.807) is 24.3 Å². The highest BCUT2D eigenvalue weighted by Crippen LogP contribution is 2.35. The molecule has 1 aliphatic rings. The Labute approximate surface area is 205 Å². The average molecular weight is 497 g/mol. The molecule has 0 fully saturated rings. The number of benzene rings is 3. The summed E-state index contributed by atoms with van der Waals surface area (Å²) in [6.07, 6.45) is 0.634. The lowest BCUT2D eigenvalue weighted by molar-refractivity contribution is 0.102. The average Bonchev–Trinajstić information content (AvgIpc) is 3.30. The van der Waals surface area contributed by atoms with Crippen LogP contribution in [0.2, 0.25) is 0 Å². The van der Waals surface area contributed by atoms with Crippen molar-refractivity contribution in [2.24, 2.45) is 0 Å². The quantitative estimate of drug-likeness (QED) is 0.469. The van der Waals surface area contributed by atoms with E-state index in [1.807, 2.05) is 32.0 Å². The molecule has 0 unspecified atom stereocenters. The van der Waals surface area contributed by atoms with Gasteiger partial charge in [-0.3, -0.25) is 9.10 Å². The van der Waals surface area contributed by atoms with Crippen molar-refractivity contribution in [3.8, 4) is 17.2 Å². The fraction of sp³-hybridized carbons (Fsp3) is 0.269. The van der Waals surface area contributed by atoms with Gasteiger partial charge in [-0.1, -0.05) is 18.2 Å². The third kappa shape index (κ3) is 4.90. The fourth-order valence-corrected chi connectivity index (χ4v) is 5.57.